The minimum atomic E-state index is -4.97. The molecule has 584 valence electrons. The molecular formula is C81H148O17P2. The Hall–Kier alpha value is -3.24. The lowest BCUT2D eigenvalue weighted by molar-refractivity contribution is -0.161. The molecule has 0 saturated heterocycles. The molecule has 0 heterocycles. The highest BCUT2D eigenvalue weighted by Gasteiger charge is 2.30. The summed E-state index contributed by atoms with van der Waals surface area (Å²) in [4.78, 5) is 73.0. The van der Waals surface area contributed by atoms with E-state index in [1.165, 1.54) is 135 Å². The van der Waals surface area contributed by atoms with Crippen molar-refractivity contribution in [2.24, 2.45) is 0 Å². The Kier molecular flexibility index (Phi) is 71.6. The van der Waals surface area contributed by atoms with Crippen molar-refractivity contribution in [3.8, 4) is 0 Å². The van der Waals surface area contributed by atoms with E-state index in [2.05, 4.69) is 88.5 Å². The van der Waals surface area contributed by atoms with Crippen LogP contribution >= 0.6 is 15.6 Å². The van der Waals surface area contributed by atoms with Crippen LogP contribution in [0.15, 0.2) is 60.8 Å². The van der Waals surface area contributed by atoms with Crippen molar-refractivity contribution in [1.82, 2.24) is 0 Å². The second-order valence-electron chi connectivity index (χ2n) is 27.4. The number of aliphatic hydroxyl groups is 1. The first-order chi connectivity index (χ1) is 48.7. The molecular weight excluding hydrogens is 1310 g/mol. The third kappa shape index (κ3) is 73.1. The molecule has 0 fully saturated rings. The van der Waals surface area contributed by atoms with Crippen LogP contribution in [-0.4, -0.2) is 96.7 Å². The smallest absolute Gasteiger partial charge is 0.462 e. The van der Waals surface area contributed by atoms with E-state index in [-0.39, 0.29) is 25.7 Å². The molecule has 0 aliphatic carbocycles. The summed E-state index contributed by atoms with van der Waals surface area (Å²) in [5.41, 5.74) is 0. The fourth-order valence-electron chi connectivity index (χ4n) is 11.3. The van der Waals surface area contributed by atoms with Gasteiger partial charge in [0.15, 0.2) is 12.2 Å². The van der Waals surface area contributed by atoms with Gasteiger partial charge in [0.1, 0.15) is 19.3 Å². The number of esters is 4. The van der Waals surface area contributed by atoms with Crippen molar-refractivity contribution in [2.75, 3.05) is 39.6 Å². The number of carbonyl (C=O) groups excluding carboxylic acids is 4. The molecule has 0 rings (SSSR count). The highest BCUT2D eigenvalue weighted by atomic mass is 31.2. The average molecular weight is 1460 g/mol. The number of ether oxygens (including phenoxy) is 4. The van der Waals surface area contributed by atoms with Gasteiger partial charge in [-0.05, 0) is 89.9 Å². The van der Waals surface area contributed by atoms with Gasteiger partial charge in [0.25, 0.3) is 0 Å². The number of phosphoric acid groups is 2. The maximum absolute atomic E-state index is 13.1. The molecule has 0 bridgehead atoms. The van der Waals surface area contributed by atoms with Crippen LogP contribution in [0.5, 0.6) is 0 Å². The number of carbonyl (C=O) groups is 4. The summed E-state index contributed by atoms with van der Waals surface area (Å²) < 4.78 is 68.6. The number of allylic oxidation sites excluding steroid dienone is 10. The van der Waals surface area contributed by atoms with Crippen LogP contribution < -0.4 is 0 Å². The molecule has 0 saturated carbocycles. The third-order valence-electron chi connectivity index (χ3n) is 17.5. The zero-order valence-electron chi connectivity index (χ0n) is 63.9. The first kappa shape index (κ1) is 96.8. The largest absolute Gasteiger partial charge is 0.472 e. The molecule has 17 nitrogen and oxygen atoms in total. The highest BCUT2D eigenvalue weighted by molar-refractivity contribution is 7.47. The SMILES string of the molecule is CCC/C=C\C/C=C\CCCCCCCC(=O)OCC(COP(=O)(O)OCC(O)COP(=O)(O)OCC(COC(=O)CCCCCCCC/C=C\C/C=C\C/C=C\CCCCC)OC(=O)CCCCCCCCCCCCCCCCC)OC(=O)CCCCCCCCCCCCCCC. The standard InChI is InChI=1S/C81H148O17P2/c1-5-9-13-17-21-25-29-33-35-36-37-38-40-43-46-50-54-58-62-66-79(84)92-72-77(98-81(86)68-64-60-56-52-48-44-39-34-30-26-22-18-14-10-6-2)74-96-100(89,90)94-70-75(82)69-93-99(87,88)95-73-76(97-80(85)67-63-59-55-51-47-42-32-28-24-20-16-12-8-4)71-91-78(83)65-61-57-53-49-45-41-31-27-23-19-15-11-7-3/h15,19,21,25,27,31,33,35,37-38,75-77,82H,5-14,16-18,20,22-24,26,28-30,32,34,36,39-74H2,1-4H3,(H,87,88)(H,89,90)/b19-15-,25-21-,31-27-,35-33-,38-37-. The molecule has 0 spiro atoms. The Labute approximate surface area is 610 Å². The molecule has 0 radical (unpaired) electrons. The number of unbranched alkanes of at least 4 members (excludes halogenated alkanes) is 41. The minimum absolute atomic E-state index is 0.0985. The van der Waals surface area contributed by atoms with Gasteiger partial charge in [0, 0.05) is 25.7 Å². The molecule has 0 aliphatic heterocycles. The van der Waals surface area contributed by atoms with E-state index in [9.17, 15) is 43.2 Å². The minimum Gasteiger partial charge on any atom is -0.462 e. The average Bonchev–Trinajstić information content (AvgIpc) is 0.946. The lowest BCUT2D eigenvalue weighted by atomic mass is 10.0. The second kappa shape index (κ2) is 74.0. The fourth-order valence-corrected chi connectivity index (χ4v) is 12.8. The van der Waals surface area contributed by atoms with Gasteiger partial charge in [-0.1, -0.05) is 320 Å². The van der Waals surface area contributed by atoms with Crippen LogP contribution in [0.1, 0.15) is 374 Å². The van der Waals surface area contributed by atoms with Crippen LogP contribution in [0.3, 0.4) is 0 Å². The van der Waals surface area contributed by atoms with Crippen molar-refractivity contribution in [2.45, 2.75) is 393 Å². The summed E-state index contributed by atoms with van der Waals surface area (Å²) in [5, 5.41) is 10.6. The number of rotatable bonds is 77. The van der Waals surface area contributed by atoms with Gasteiger partial charge < -0.3 is 33.8 Å². The van der Waals surface area contributed by atoms with E-state index in [0.29, 0.717) is 25.7 Å². The summed E-state index contributed by atoms with van der Waals surface area (Å²) in [6.07, 6.45) is 73.3. The molecule has 0 amide bonds. The number of hydrogen-bond donors (Lipinski definition) is 3. The molecule has 3 N–H and O–H groups in total. The van der Waals surface area contributed by atoms with Gasteiger partial charge in [-0.25, -0.2) is 9.13 Å². The predicted octanol–water partition coefficient (Wildman–Crippen LogP) is 23.5. The molecule has 0 aromatic rings. The Bertz CT molecular complexity index is 2130. The topological polar surface area (TPSA) is 237 Å². The zero-order valence-corrected chi connectivity index (χ0v) is 65.7. The molecule has 0 aliphatic rings. The molecule has 19 heteroatoms. The fraction of sp³-hybridized carbons (Fsp3) is 0.827. The van der Waals surface area contributed by atoms with E-state index >= 15 is 0 Å². The van der Waals surface area contributed by atoms with Crippen LogP contribution in [0.25, 0.3) is 0 Å². The van der Waals surface area contributed by atoms with Gasteiger partial charge in [0.2, 0.25) is 0 Å². The summed E-state index contributed by atoms with van der Waals surface area (Å²) in [7, 11) is -9.94. The van der Waals surface area contributed by atoms with E-state index in [4.69, 9.17) is 37.0 Å². The summed E-state index contributed by atoms with van der Waals surface area (Å²) in [6, 6.07) is 0. The first-order valence-electron chi connectivity index (χ1n) is 40.5. The van der Waals surface area contributed by atoms with Gasteiger partial charge in [-0.2, -0.15) is 0 Å². The molecule has 0 aromatic carbocycles. The first-order valence-corrected chi connectivity index (χ1v) is 43.5. The Morgan fingerprint density at radius 1 is 0.280 bits per heavy atom. The normalized spacial score (nSPS) is 14.2. The maximum Gasteiger partial charge on any atom is 0.472 e. The lowest BCUT2D eigenvalue weighted by Gasteiger charge is -2.21. The summed E-state index contributed by atoms with van der Waals surface area (Å²) in [5.74, 6) is -2.17. The lowest BCUT2D eigenvalue weighted by Crippen LogP contribution is -2.30. The van der Waals surface area contributed by atoms with Crippen LogP contribution in [0, 0.1) is 0 Å². The van der Waals surface area contributed by atoms with Crippen LogP contribution in [0.4, 0.5) is 0 Å². The van der Waals surface area contributed by atoms with Gasteiger partial charge >= 0.3 is 39.5 Å². The van der Waals surface area contributed by atoms with E-state index in [1.54, 1.807) is 0 Å². The molecule has 5 unspecified atom stereocenters. The maximum atomic E-state index is 13.1. The van der Waals surface area contributed by atoms with Gasteiger partial charge in [-0.3, -0.25) is 37.3 Å². The van der Waals surface area contributed by atoms with E-state index in [0.717, 1.165) is 161 Å². The molecule has 100 heavy (non-hydrogen) atoms. The second-order valence-corrected chi connectivity index (χ2v) is 30.3. The van der Waals surface area contributed by atoms with Crippen LogP contribution in [-0.2, 0) is 65.4 Å². The number of hydrogen-bond acceptors (Lipinski definition) is 15. The van der Waals surface area contributed by atoms with Gasteiger partial charge in [-0.15, -0.1) is 0 Å². The highest BCUT2D eigenvalue weighted by Crippen LogP contribution is 2.45. The van der Waals surface area contributed by atoms with Crippen molar-refractivity contribution in [3.63, 3.8) is 0 Å². The Morgan fingerprint density at radius 3 is 0.810 bits per heavy atom. The summed E-state index contributed by atoms with van der Waals surface area (Å²) in [6.45, 7) is 4.83. The number of phosphoric ester groups is 2. The third-order valence-corrected chi connectivity index (χ3v) is 19.4. The van der Waals surface area contributed by atoms with E-state index < -0.39 is 97.5 Å². The number of aliphatic hydroxyl groups excluding tert-OH is 1. The van der Waals surface area contributed by atoms with Crippen molar-refractivity contribution < 1.29 is 80.2 Å². The molecule has 5 atom stereocenters. The summed E-state index contributed by atoms with van der Waals surface area (Å²) >= 11 is 0. The predicted molar refractivity (Wildman–Crippen MR) is 409 cm³/mol. The van der Waals surface area contributed by atoms with Crippen molar-refractivity contribution in [3.05, 3.63) is 60.8 Å². The van der Waals surface area contributed by atoms with Gasteiger partial charge in [0.05, 0.1) is 26.4 Å². The van der Waals surface area contributed by atoms with E-state index in [1.807, 2.05) is 0 Å². The van der Waals surface area contributed by atoms with Crippen molar-refractivity contribution >= 4 is 39.5 Å². The Balaban J connectivity index is 5.31. The monoisotopic (exact) mass is 1460 g/mol. The zero-order chi connectivity index (χ0) is 73.2. The molecule has 0 aromatic heterocycles. The van der Waals surface area contributed by atoms with Crippen LogP contribution in [0.2, 0.25) is 0 Å². The Morgan fingerprint density at radius 2 is 0.510 bits per heavy atom. The quantitative estimate of drug-likeness (QED) is 0.0169. The van der Waals surface area contributed by atoms with Crippen molar-refractivity contribution in [1.29, 1.82) is 0 Å².